The summed E-state index contributed by atoms with van der Waals surface area (Å²) in [5.74, 6) is 0.665. The van der Waals surface area contributed by atoms with E-state index in [1.54, 1.807) is 6.92 Å². The summed E-state index contributed by atoms with van der Waals surface area (Å²) in [4.78, 5) is 17.3. The van der Waals surface area contributed by atoms with E-state index < -0.39 is 0 Å². The summed E-state index contributed by atoms with van der Waals surface area (Å²) in [6, 6.07) is 0.522. The van der Waals surface area contributed by atoms with E-state index in [2.05, 4.69) is 15.2 Å². The third kappa shape index (κ3) is 4.08. The lowest BCUT2D eigenvalue weighted by Gasteiger charge is -2.33. The van der Waals surface area contributed by atoms with Gasteiger partial charge in [-0.2, -0.15) is 0 Å². The van der Waals surface area contributed by atoms with Crippen molar-refractivity contribution in [2.24, 2.45) is 10.7 Å². The SMILES string of the molecule is CC(=O)NC1CCN(C(N)=NC(C)C)CC1. The molecule has 1 aliphatic heterocycles. The van der Waals surface area contributed by atoms with Crippen molar-refractivity contribution < 1.29 is 4.79 Å². The van der Waals surface area contributed by atoms with Gasteiger partial charge in [-0.15, -0.1) is 0 Å². The Morgan fingerprint density at radius 1 is 1.44 bits per heavy atom. The van der Waals surface area contributed by atoms with E-state index in [1.807, 2.05) is 13.8 Å². The maximum absolute atomic E-state index is 10.9. The van der Waals surface area contributed by atoms with E-state index in [9.17, 15) is 4.79 Å². The minimum atomic E-state index is 0.0438. The zero-order valence-electron chi connectivity index (χ0n) is 10.4. The molecule has 0 aromatic carbocycles. The maximum atomic E-state index is 10.9. The van der Waals surface area contributed by atoms with E-state index in [-0.39, 0.29) is 11.9 Å². The number of rotatable bonds is 2. The van der Waals surface area contributed by atoms with Crippen LogP contribution in [0.15, 0.2) is 4.99 Å². The molecule has 0 saturated carbocycles. The third-order valence-electron chi connectivity index (χ3n) is 2.62. The van der Waals surface area contributed by atoms with Gasteiger partial charge in [0.2, 0.25) is 5.91 Å². The molecule has 0 atom stereocenters. The molecule has 1 heterocycles. The Balaban J connectivity index is 2.40. The first-order chi connectivity index (χ1) is 7.49. The van der Waals surface area contributed by atoms with Crippen LogP contribution in [0.25, 0.3) is 0 Å². The van der Waals surface area contributed by atoms with E-state index in [0.29, 0.717) is 12.0 Å². The van der Waals surface area contributed by atoms with E-state index in [1.165, 1.54) is 0 Å². The number of guanidine groups is 1. The van der Waals surface area contributed by atoms with Gasteiger partial charge in [-0.3, -0.25) is 9.79 Å². The Hall–Kier alpha value is -1.26. The van der Waals surface area contributed by atoms with Gasteiger partial charge in [-0.05, 0) is 26.7 Å². The Kier molecular flexibility index (Phi) is 4.58. The third-order valence-corrected chi connectivity index (χ3v) is 2.62. The second kappa shape index (κ2) is 5.72. The van der Waals surface area contributed by atoms with Crippen molar-refractivity contribution in [1.29, 1.82) is 0 Å². The first-order valence-corrected chi connectivity index (χ1v) is 5.84. The van der Waals surface area contributed by atoms with Gasteiger partial charge in [-0.25, -0.2) is 0 Å². The van der Waals surface area contributed by atoms with Crippen molar-refractivity contribution in [3.8, 4) is 0 Å². The van der Waals surface area contributed by atoms with E-state index in [4.69, 9.17) is 5.73 Å². The van der Waals surface area contributed by atoms with Crippen LogP contribution in [0.5, 0.6) is 0 Å². The predicted molar refractivity (Wildman–Crippen MR) is 65.2 cm³/mol. The minimum absolute atomic E-state index is 0.0438. The minimum Gasteiger partial charge on any atom is -0.370 e. The lowest BCUT2D eigenvalue weighted by atomic mass is 10.1. The van der Waals surface area contributed by atoms with Crippen LogP contribution in [0.3, 0.4) is 0 Å². The molecule has 0 unspecified atom stereocenters. The predicted octanol–water partition coefficient (Wildman–Crippen LogP) is 0.310. The number of nitrogens with zero attached hydrogens (tertiary/aromatic N) is 2. The molecule has 5 nitrogen and oxygen atoms in total. The smallest absolute Gasteiger partial charge is 0.217 e. The van der Waals surface area contributed by atoms with Gasteiger partial charge in [0.25, 0.3) is 0 Å². The molecule has 1 rings (SSSR count). The Morgan fingerprint density at radius 3 is 2.44 bits per heavy atom. The first kappa shape index (κ1) is 12.8. The fourth-order valence-electron chi connectivity index (χ4n) is 1.89. The maximum Gasteiger partial charge on any atom is 0.217 e. The molecule has 3 N–H and O–H groups in total. The second-order valence-corrected chi connectivity index (χ2v) is 4.54. The largest absolute Gasteiger partial charge is 0.370 e. The van der Waals surface area contributed by atoms with Crippen molar-refractivity contribution in [3.63, 3.8) is 0 Å². The van der Waals surface area contributed by atoms with Crippen LogP contribution >= 0.6 is 0 Å². The molecule has 5 heteroatoms. The number of carbonyl (C=O) groups is 1. The topological polar surface area (TPSA) is 70.7 Å². The van der Waals surface area contributed by atoms with Gasteiger partial charge in [0.1, 0.15) is 0 Å². The molecule has 0 aromatic heterocycles. The zero-order valence-corrected chi connectivity index (χ0v) is 10.4. The summed E-state index contributed by atoms with van der Waals surface area (Å²) in [5, 5.41) is 2.94. The number of piperidine rings is 1. The van der Waals surface area contributed by atoms with Crippen molar-refractivity contribution in [1.82, 2.24) is 10.2 Å². The molecule has 0 aliphatic carbocycles. The number of aliphatic imine (C=N–C) groups is 1. The van der Waals surface area contributed by atoms with Crippen LogP contribution in [0.2, 0.25) is 0 Å². The second-order valence-electron chi connectivity index (χ2n) is 4.54. The first-order valence-electron chi connectivity index (χ1n) is 5.84. The number of hydrogen-bond acceptors (Lipinski definition) is 2. The fraction of sp³-hybridized carbons (Fsp3) is 0.818. The summed E-state index contributed by atoms with van der Waals surface area (Å²) in [6.07, 6.45) is 1.88. The average Bonchev–Trinajstić information content (AvgIpc) is 2.16. The van der Waals surface area contributed by atoms with Crippen LogP contribution in [0, 0.1) is 0 Å². The van der Waals surface area contributed by atoms with Crippen molar-refractivity contribution in [2.75, 3.05) is 13.1 Å². The van der Waals surface area contributed by atoms with Crippen LogP contribution in [0.4, 0.5) is 0 Å². The van der Waals surface area contributed by atoms with Gasteiger partial charge >= 0.3 is 0 Å². The van der Waals surface area contributed by atoms with Gasteiger partial charge in [0, 0.05) is 32.1 Å². The fourth-order valence-corrected chi connectivity index (χ4v) is 1.89. The molecule has 1 saturated heterocycles. The molecule has 16 heavy (non-hydrogen) atoms. The van der Waals surface area contributed by atoms with Crippen molar-refractivity contribution in [2.45, 2.75) is 45.7 Å². The summed E-state index contributed by atoms with van der Waals surface area (Å²) >= 11 is 0. The number of hydrogen-bond donors (Lipinski definition) is 2. The molecular weight excluding hydrogens is 204 g/mol. The summed E-state index contributed by atoms with van der Waals surface area (Å²) in [6.45, 7) is 7.31. The highest BCUT2D eigenvalue weighted by atomic mass is 16.1. The number of likely N-dealkylation sites (tertiary alicyclic amines) is 1. The van der Waals surface area contributed by atoms with Crippen LogP contribution in [-0.4, -0.2) is 41.9 Å². The van der Waals surface area contributed by atoms with Crippen LogP contribution in [-0.2, 0) is 4.79 Å². The van der Waals surface area contributed by atoms with E-state index in [0.717, 1.165) is 25.9 Å². The molecule has 1 aliphatic rings. The molecule has 0 spiro atoms. The molecule has 0 aromatic rings. The highest BCUT2D eigenvalue weighted by molar-refractivity contribution is 5.78. The lowest BCUT2D eigenvalue weighted by molar-refractivity contribution is -0.119. The monoisotopic (exact) mass is 226 g/mol. The van der Waals surface area contributed by atoms with Crippen molar-refractivity contribution >= 4 is 11.9 Å². The average molecular weight is 226 g/mol. The van der Waals surface area contributed by atoms with Gasteiger partial charge in [-0.1, -0.05) is 0 Å². The van der Waals surface area contributed by atoms with Gasteiger partial charge < -0.3 is 16.0 Å². The Labute approximate surface area is 97.1 Å². The molecular formula is C11H22N4O. The number of carbonyl (C=O) groups excluding carboxylic acids is 1. The molecule has 1 amide bonds. The normalized spacial score (nSPS) is 19.0. The Bertz CT molecular complexity index is 267. The summed E-state index contributed by atoms with van der Waals surface area (Å²) in [7, 11) is 0. The molecule has 92 valence electrons. The van der Waals surface area contributed by atoms with Crippen LogP contribution < -0.4 is 11.1 Å². The number of nitrogens with two attached hydrogens (primary N) is 1. The summed E-state index contributed by atoms with van der Waals surface area (Å²) in [5.41, 5.74) is 5.88. The number of amides is 1. The Morgan fingerprint density at radius 2 is 2.00 bits per heavy atom. The highest BCUT2D eigenvalue weighted by Gasteiger charge is 2.20. The summed E-state index contributed by atoms with van der Waals surface area (Å²) < 4.78 is 0. The quantitative estimate of drug-likeness (QED) is 0.526. The molecule has 1 fully saturated rings. The standard InChI is InChI=1S/C11H22N4O/c1-8(2)13-11(12)15-6-4-10(5-7-15)14-9(3)16/h8,10H,4-7H2,1-3H3,(H2,12,13)(H,14,16). The lowest BCUT2D eigenvalue weighted by Crippen LogP contribution is -2.48. The molecule has 0 bridgehead atoms. The van der Waals surface area contributed by atoms with Gasteiger partial charge in [0.05, 0.1) is 0 Å². The van der Waals surface area contributed by atoms with E-state index >= 15 is 0 Å². The number of nitrogens with one attached hydrogen (secondary N) is 1. The van der Waals surface area contributed by atoms with Gasteiger partial charge in [0.15, 0.2) is 5.96 Å². The molecule has 0 radical (unpaired) electrons. The zero-order chi connectivity index (χ0) is 12.1. The van der Waals surface area contributed by atoms with Crippen LogP contribution in [0.1, 0.15) is 33.6 Å². The highest BCUT2D eigenvalue weighted by Crippen LogP contribution is 2.10. The van der Waals surface area contributed by atoms with Crippen molar-refractivity contribution in [3.05, 3.63) is 0 Å².